The van der Waals surface area contributed by atoms with Crippen LogP contribution in [0.3, 0.4) is 0 Å². The Morgan fingerprint density at radius 1 is 1.07 bits per heavy atom. The average molecular weight is 555 g/mol. The van der Waals surface area contributed by atoms with Gasteiger partial charge in [0.05, 0.1) is 25.8 Å². The van der Waals surface area contributed by atoms with Crippen LogP contribution in [0.5, 0.6) is 5.75 Å². The number of carbonyl (C=O) groups is 1. The molecule has 0 saturated carbocycles. The van der Waals surface area contributed by atoms with Crippen molar-refractivity contribution in [1.82, 2.24) is 14.9 Å². The molecule has 0 saturated heterocycles. The quantitative estimate of drug-likeness (QED) is 0.171. The van der Waals surface area contributed by atoms with Gasteiger partial charge in [-0.3, -0.25) is 14.7 Å². The number of methoxy groups -OCH3 is 2. The lowest BCUT2D eigenvalue weighted by Crippen LogP contribution is -2.49. The van der Waals surface area contributed by atoms with E-state index in [0.29, 0.717) is 18.0 Å². The molecule has 2 atom stereocenters. The van der Waals surface area contributed by atoms with Gasteiger partial charge < -0.3 is 19.8 Å². The number of hydrogen-bond acceptors (Lipinski definition) is 6. The molecule has 3 aromatic carbocycles. The van der Waals surface area contributed by atoms with Gasteiger partial charge in [-0.25, -0.2) is 0 Å². The number of H-pyrrole nitrogens is 1. The first-order valence-electron chi connectivity index (χ1n) is 13.4. The summed E-state index contributed by atoms with van der Waals surface area (Å²) >= 11 is 6.16. The number of carbonyl (C=O) groups excluding carboxylic acids is 1. The van der Waals surface area contributed by atoms with Gasteiger partial charge in [0, 0.05) is 58.4 Å². The molecule has 204 valence electrons. The van der Waals surface area contributed by atoms with E-state index in [0.717, 1.165) is 57.5 Å². The summed E-state index contributed by atoms with van der Waals surface area (Å²) in [7, 11) is 3.13. The molecule has 8 heteroatoms. The zero-order valence-electron chi connectivity index (χ0n) is 22.5. The lowest BCUT2D eigenvalue weighted by atomic mass is 9.87. The van der Waals surface area contributed by atoms with Crippen LogP contribution in [0.4, 0.5) is 5.69 Å². The molecular formula is C32H31ClN4O3. The van der Waals surface area contributed by atoms with Crippen molar-refractivity contribution >= 4 is 45.1 Å². The predicted molar refractivity (Wildman–Crippen MR) is 159 cm³/mol. The van der Waals surface area contributed by atoms with Crippen molar-refractivity contribution in [2.24, 2.45) is 0 Å². The van der Waals surface area contributed by atoms with E-state index in [2.05, 4.69) is 44.5 Å². The van der Waals surface area contributed by atoms with Crippen molar-refractivity contribution in [3.8, 4) is 5.75 Å². The smallest absolute Gasteiger partial charge is 0.323 e. The lowest BCUT2D eigenvalue weighted by molar-refractivity contribution is -0.148. The number of para-hydroxylation sites is 1. The van der Waals surface area contributed by atoms with Crippen molar-refractivity contribution in [3.05, 3.63) is 101 Å². The largest absolute Gasteiger partial charge is 0.497 e. The highest BCUT2D eigenvalue weighted by Gasteiger charge is 2.41. The summed E-state index contributed by atoms with van der Waals surface area (Å²) in [4.78, 5) is 23.6. The topological polar surface area (TPSA) is 79.5 Å². The van der Waals surface area contributed by atoms with Crippen LogP contribution < -0.4 is 10.1 Å². The van der Waals surface area contributed by atoms with Gasteiger partial charge in [-0.1, -0.05) is 41.9 Å². The number of benzene rings is 3. The number of pyridine rings is 1. The van der Waals surface area contributed by atoms with Crippen molar-refractivity contribution in [3.63, 3.8) is 0 Å². The monoisotopic (exact) mass is 554 g/mol. The summed E-state index contributed by atoms with van der Waals surface area (Å²) in [6, 6.07) is 23.6. The van der Waals surface area contributed by atoms with E-state index in [1.165, 1.54) is 12.7 Å². The molecule has 7 nitrogen and oxygen atoms in total. The Bertz CT molecular complexity index is 1670. The molecule has 0 aliphatic carbocycles. The van der Waals surface area contributed by atoms with Gasteiger partial charge in [-0.15, -0.1) is 0 Å². The van der Waals surface area contributed by atoms with Crippen LogP contribution in [-0.4, -0.2) is 54.2 Å². The minimum atomic E-state index is -0.410. The van der Waals surface area contributed by atoms with Crippen molar-refractivity contribution in [2.45, 2.75) is 24.9 Å². The molecule has 0 amide bonds. The van der Waals surface area contributed by atoms with E-state index in [4.69, 9.17) is 21.1 Å². The van der Waals surface area contributed by atoms with Crippen molar-refractivity contribution in [1.29, 1.82) is 0 Å². The Morgan fingerprint density at radius 3 is 2.70 bits per heavy atom. The molecule has 2 N–H and O–H groups in total. The predicted octanol–water partition coefficient (Wildman–Crippen LogP) is 6.37. The number of rotatable bonds is 8. The summed E-state index contributed by atoms with van der Waals surface area (Å²) < 4.78 is 10.8. The first-order valence-corrected chi connectivity index (χ1v) is 13.8. The fourth-order valence-electron chi connectivity index (χ4n) is 5.87. The number of aromatic amines is 1. The molecule has 40 heavy (non-hydrogen) atoms. The van der Waals surface area contributed by atoms with Gasteiger partial charge in [-0.05, 0) is 60.0 Å². The van der Waals surface area contributed by atoms with Crippen LogP contribution in [0, 0.1) is 0 Å². The maximum atomic E-state index is 13.2. The lowest BCUT2D eigenvalue weighted by Gasteiger charge is -2.41. The highest BCUT2D eigenvalue weighted by Crippen LogP contribution is 2.41. The maximum Gasteiger partial charge on any atom is 0.323 e. The Morgan fingerprint density at radius 2 is 1.90 bits per heavy atom. The van der Waals surface area contributed by atoms with Gasteiger partial charge in [0.15, 0.2) is 0 Å². The number of nitrogens with zero attached hydrogens (tertiary/aromatic N) is 2. The van der Waals surface area contributed by atoms with E-state index < -0.39 is 6.04 Å². The van der Waals surface area contributed by atoms with Gasteiger partial charge in [0.2, 0.25) is 0 Å². The Kier molecular flexibility index (Phi) is 7.32. The minimum Gasteiger partial charge on any atom is -0.497 e. The molecule has 2 aromatic heterocycles. The number of hydrogen-bond donors (Lipinski definition) is 2. The molecule has 3 heterocycles. The summed E-state index contributed by atoms with van der Waals surface area (Å²) in [6.45, 7) is 1.41. The van der Waals surface area contributed by atoms with E-state index in [9.17, 15) is 4.79 Å². The van der Waals surface area contributed by atoms with Gasteiger partial charge in [0.25, 0.3) is 0 Å². The molecule has 6 rings (SSSR count). The third-order valence-electron chi connectivity index (χ3n) is 7.77. The van der Waals surface area contributed by atoms with Gasteiger partial charge in [0.1, 0.15) is 11.8 Å². The number of ether oxygens (including phenoxy) is 2. The second-order valence-electron chi connectivity index (χ2n) is 10.0. The Balaban J connectivity index is 1.32. The normalized spacial score (nSPS) is 17.1. The third kappa shape index (κ3) is 4.87. The molecule has 1 aliphatic rings. The van der Waals surface area contributed by atoms with Crippen LogP contribution >= 0.6 is 11.6 Å². The van der Waals surface area contributed by atoms with Gasteiger partial charge in [-0.2, -0.15) is 0 Å². The van der Waals surface area contributed by atoms with Crippen LogP contribution in [-0.2, 0) is 16.0 Å². The Labute approximate surface area is 238 Å². The Hall–Kier alpha value is -4.07. The SMILES string of the molecule is COC(=O)[C@@H]1Cc2c([nH]c3ccccc23)[C@@H](c2ccc(OC)cc2)N1CCCNc1ccnc2cc(Cl)ccc12. The number of esters is 1. The number of aromatic nitrogens is 2. The molecule has 0 bridgehead atoms. The third-order valence-corrected chi connectivity index (χ3v) is 8.00. The molecule has 0 fully saturated rings. The summed E-state index contributed by atoms with van der Waals surface area (Å²) in [6.07, 6.45) is 3.19. The zero-order chi connectivity index (χ0) is 27.6. The second-order valence-corrected chi connectivity index (χ2v) is 10.5. The van der Waals surface area contributed by atoms with Crippen LogP contribution in [0.25, 0.3) is 21.8 Å². The number of fused-ring (bicyclic) bond motifs is 4. The molecule has 0 radical (unpaired) electrons. The fourth-order valence-corrected chi connectivity index (χ4v) is 6.04. The van der Waals surface area contributed by atoms with E-state index in [1.54, 1.807) is 13.3 Å². The fraction of sp³-hybridized carbons (Fsp3) is 0.250. The molecule has 0 unspecified atom stereocenters. The van der Waals surface area contributed by atoms with Crippen molar-refractivity contribution in [2.75, 3.05) is 32.6 Å². The zero-order valence-corrected chi connectivity index (χ0v) is 23.2. The molecule has 5 aromatic rings. The number of anilines is 1. The number of halogens is 1. The highest BCUT2D eigenvalue weighted by molar-refractivity contribution is 6.31. The number of nitrogens with one attached hydrogen (secondary N) is 2. The summed E-state index contributed by atoms with van der Waals surface area (Å²) in [5.74, 6) is 0.571. The minimum absolute atomic E-state index is 0.143. The summed E-state index contributed by atoms with van der Waals surface area (Å²) in [5, 5.41) is 6.40. The summed E-state index contributed by atoms with van der Waals surface area (Å²) in [5.41, 5.74) is 6.31. The van der Waals surface area contributed by atoms with Crippen LogP contribution in [0.1, 0.15) is 29.3 Å². The van der Waals surface area contributed by atoms with Crippen LogP contribution in [0.15, 0.2) is 79.0 Å². The highest BCUT2D eigenvalue weighted by atomic mass is 35.5. The van der Waals surface area contributed by atoms with E-state index in [1.807, 2.05) is 48.5 Å². The molecule has 1 aliphatic heterocycles. The molecule has 0 spiro atoms. The van der Waals surface area contributed by atoms with E-state index in [-0.39, 0.29) is 12.0 Å². The second kappa shape index (κ2) is 11.2. The average Bonchev–Trinajstić information content (AvgIpc) is 3.36. The first kappa shape index (κ1) is 26.2. The first-order chi connectivity index (χ1) is 19.6. The van der Waals surface area contributed by atoms with Gasteiger partial charge >= 0.3 is 5.97 Å². The standard InChI is InChI=1S/C32H31ClN4O3/c1-39-22-11-8-20(9-12-22)31-30-25(23-6-3-4-7-27(23)36-30)19-29(32(38)40-2)37(31)17-5-15-34-26-14-16-35-28-18-21(33)10-13-24(26)28/h3-4,6-14,16,18,29,31,36H,5,15,17,19H2,1-2H3,(H,34,35)/t29-,31+/m0/s1. The van der Waals surface area contributed by atoms with E-state index >= 15 is 0 Å². The maximum absolute atomic E-state index is 13.2. The van der Waals surface area contributed by atoms with Crippen molar-refractivity contribution < 1.29 is 14.3 Å². The van der Waals surface area contributed by atoms with Crippen LogP contribution in [0.2, 0.25) is 5.02 Å². The molecular weight excluding hydrogens is 524 g/mol.